The molecule has 0 amide bonds. The lowest BCUT2D eigenvalue weighted by molar-refractivity contribution is 0.196. The molecule has 1 nitrogen and oxygen atoms in total. The monoisotopic (exact) mass is 228 g/mol. The fourth-order valence-electron chi connectivity index (χ4n) is 1.35. The SMILES string of the molecule is Cc1cc(SC(C)C)c(C(C)O)cc1F. The van der Waals surface area contributed by atoms with Crippen LogP contribution in [0.2, 0.25) is 0 Å². The van der Waals surface area contributed by atoms with Gasteiger partial charge in [0.15, 0.2) is 0 Å². The van der Waals surface area contributed by atoms with Crippen molar-refractivity contribution in [2.24, 2.45) is 0 Å². The summed E-state index contributed by atoms with van der Waals surface area (Å²) >= 11 is 1.65. The van der Waals surface area contributed by atoms with Crippen molar-refractivity contribution in [2.45, 2.75) is 43.9 Å². The summed E-state index contributed by atoms with van der Waals surface area (Å²) in [4.78, 5) is 0.971. The Morgan fingerprint density at radius 3 is 2.33 bits per heavy atom. The van der Waals surface area contributed by atoms with Gasteiger partial charge in [0, 0.05) is 10.1 Å². The van der Waals surface area contributed by atoms with E-state index in [0.717, 1.165) is 4.90 Å². The van der Waals surface area contributed by atoms with Crippen LogP contribution in [0.4, 0.5) is 4.39 Å². The van der Waals surface area contributed by atoms with Crippen LogP contribution in [-0.4, -0.2) is 10.4 Å². The molecule has 0 bridgehead atoms. The van der Waals surface area contributed by atoms with Gasteiger partial charge >= 0.3 is 0 Å². The second-order valence-electron chi connectivity index (χ2n) is 3.98. The third-order valence-electron chi connectivity index (χ3n) is 2.10. The van der Waals surface area contributed by atoms with Crippen molar-refractivity contribution in [2.75, 3.05) is 0 Å². The van der Waals surface area contributed by atoms with E-state index < -0.39 is 6.10 Å². The Hall–Kier alpha value is -0.540. The van der Waals surface area contributed by atoms with E-state index >= 15 is 0 Å². The van der Waals surface area contributed by atoms with Gasteiger partial charge in [-0.1, -0.05) is 13.8 Å². The van der Waals surface area contributed by atoms with Crippen LogP contribution in [-0.2, 0) is 0 Å². The predicted molar refractivity (Wildman–Crippen MR) is 62.8 cm³/mol. The van der Waals surface area contributed by atoms with Gasteiger partial charge < -0.3 is 5.11 Å². The molecule has 0 aliphatic carbocycles. The molecule has 1 aromatic rings. The van der Waals surface area contributed by atoms with Crippen molar-refractivity contribution >= 4 is 11.8 Å². The van der Waals surface area contributed by atoms with E-state index in [1.165, 1.54) is 6.07 Å². The Labute approximate surface area is 94.7 Å². The number of benzene rings is 1. The minimum Gasteiger partial charge on any atom is -0.389 e. The maximum absolute atomic E-state index is 13.3. The Morgan fingerprint density at radius 1 is 1.27 bits per heavy atom. The molecule has 3 heteroatoms. The lowest BCUT2D eigenvalue weighted by atomic mass is 10.1. The number of thioether (sulfide) groups is 1. The molecular formula is C12H17FOS. The lowest BCUT2D eigenvalue weighted by Crippen LogP contribution is -1.99. The van der Waals surface area contributed by atoms with E-state index in [4.69, 9.17) is 0 Å². The molecule has 1 unspecified atom stereocenters. The average Bonchev–Trinajstić information content (AvgIpc) is 2.09. The van der Waals surface area contributed by atoms with Crippen molar-refractivity contribution in [1.82, 2.24) is 0 Å². The predicted octanol–water partition coefficient (Wildman–Crippen LogP) is 3.69. The van der Waals surface area contributed by atoms with E-state index in [9.17, 15) is 9.50 Å². The average molecular weight is 228 g/mol. The molecule has 1 rings (SSSR count). The van der Waals surface area contributed by atoms with Crippen LogP contribution in [0.3, 0.4) is 0 Å². The number of hydrogen-bond donors (Lipinski definition) is 1. The summed E-state index contributed by atoms with van der Waals surface area (Å²) in [6, 6.07) is 3.24. The van der Waals surface area contributed by atoms with E-state index in [1.807, 2.05) is 6.07 Å². The van der Waals surface area contributed by atoms with Gasteiger partial charge in [-0.25, -0.2) is 4.39 Å². The zero-order valence-corrected chi connectivity index (χ0v) is 10.4. The molecule has 0 saturated heterocycles. The molecule has 0 aromatic heterocycles. The standard InChI is InChI=1S/C12H17FOS/c1-7(2)15-12-5-8(3)11(13)6-10(12)9(4)14/h5-7,9,14H,1-4H3. The van der Waals surface area contributed by atoms with E-state index in [0.29, 0.717) is 16.4 Å². The van der Waals surface area contributed by atoms with Crippen molar-refractivity contribution in [3.8, 4) is 0 Å². The van der Waals surface area contributed by atoms with Gasteiger partial charge in [-0.3, -0.25) is 0 Å². The van der Waals surface area contributed by atoms with Gasteiger partial charge in [0.05, 0.1) is 6.10 Å². The second kappa shape index (κ2) is 4.99. The molecule has 15 heavy (non-hydrogen) atoms. The molecule has 0 heterocycles. The van der Waals surface area contributed by atoms with E-state index in [2.05, 4.69) is 13.8 Å². The van der Waals surface area contributed by atoms with Crippen LogP contribution in [0, 0.1) is 12.7 Å². The first-order valence-electron chi connectivity index (χ1n) is 5.06. The number of hydrogen-bond acceptors (Lipinski definition) is 2. The second-order valence-corrected chi connectivity index (χ2v) is 5.60. The van der Waals surface area contributed by atoms with Gasteiger partial charge in [0.1, 0.15) is 5.82 Å². The Kier molecular flexibility index (Phi) is 4.17. The molecule has 1 atom stereocenters. The highest BCUT2D eigenvalue weighted by Crippen LogP contribution is 2.32. The van der Waals surface area contributed by atoms with Crippen LogP contribution in [0.5, 0.6) is 0 Å². The summed E-state index contributed by atoms with van der Waals surface area (Å²) in [7, 11) is 0. The first-order valence-corrected chi connectivity index (χ1v) is 5.94. The summed E-state index contributed by atoms with van der Waals surface area (Å²) in [5.41, 5.74) is 1.30. The third kappa shape index (κ3) is 3.21. The van der Waals surface area contributed by atoms with Crippen molar-refractivity contribution < 1.29 is 9.50 Å². The maximum atomic E-state index is 13.3. The molecule has 0 saturated carbocycles. The van der Waals surface area contributed by atoms with E-state index in [1.54, 1.807) is 25.6 Å². The van der Waals surface area contributed by atoms with Crippen LogP contribution < -0.4 is 0 Å². The van der Waals surface area contributed by atoms with Crippen LogP contribution in [0.15, 0.2) is 17.0 Å². The number of aryl methyl sites for hydroxylation is 1. The molecular weight excluding hydrogens is 211 g/mol. The number of aliphatic hydroxyl groups is 1. The first-order chi connectivity index (χ1) is 6.91. The Morgan fingerprint density at radius 2 is 1.87 bits per heavy atom. The third-order valence-corrected chi connectivity index (χ3v) is 3.18. The van der Waals surface area contributed by atoms with Gasteiger partial charge in [0.25, 0.3) is 0 Å². The lowest BCUT2D eigenvalue weighted by Gasteiger charge is -2.14. The van der Waals surface area contributed by atoms with Crippen LogP contribution in [0.1, 0.15) is 38.0 Å². The molecule has 0 radical (unpaired) electrons. The fraction of sp³-hybridized carbons (Fsp3) is 0.500. The summed E-state index contributed by atoms with van der Waals surface area (Å²) in [6.45, 7) is 7.56. The van der Waals surface area contributed by atoms with Crippen molar-refractivity contribution in [1.29, 1.82) is 0 Å². The summed E-state index contributed by atoms with van der Waals surface area (Å²) < 4.78 is 13.3. The molecule has 0 spiro atoms. The number of rotatable bonds is 3. The van der Waals surface area contributed by atoms with Gasteiger partial charge in [-0.05, 0) is 37.1 Å². The zero-order valence-electron chi connectivity index (χ0n) is 9.54. The van der Waals surface area contributed by atoms with Crippen molar-refractivity contribution in [3.63, 3.8) is 0 Å². The Bertz CT molecular complexity index is 348. The first kappa shape index (κ1) is 12.5. The van der Waals surface area contributed by atoms with Gasteiger partial charge in [-0.2, -0.15) is 0 Å². The highest BCUT2D eigenvalue weighted by molar-refractivity contribution is 8.00. The topological polar surface area (TPSA) is 20.2 Å². The molecule has 0 fully saturated rings. The largest absolute Gasteiger partial charge is 0.389 e. The quantitative estimate of drug-likeness (QED) is 0.796. The summed E-state index contributed by atoms with van der Waals surface area (Å²) in [5, 5.41) is 9.98. The van der Waals surface area contributed by atoms with E-state index in [-0.39, 0.29) is 5.82 Å². The highest BCUT2D eigenvalue weighted by Gasteiger charge is 2.13. The van der Waals surface area contributed by atoms with Crippen LogP contribution in [0.25, 0.3) is 0 Å². The maximum Gasteiger partial charge on any atom is 0.126 e. The molecule has 0 aliphatic rings. The Balaban J connectivity index is 3.16. The minimum absolute atomic E-state index is 0.251. The van der Waals surface area contributed by atoms with Crippen LogP contribution >= 0.6 is 11.8 Å². The molecule has 0 aliphatic heterocycles. The molecule has 84 valence electrons. The minimum atomic E-state index is -0.624. The summed E-state index contributed by atoms with van der Waals surface area (Å²) in [5.74, 6) is -0.251. The molecule has 1 aromatic carbocycles. The normalized spacial score (nSPS) is 13.3. The smallest absolute Gasteiger partial charge is 0.126 e. The molecule has 1 N–H and O–H groups in total. The van der Waals surface area contributed by atoms with Gasteiger partial charge in [-0.15, -0.1) is 11.8 Å². The fourth-order valence-corrected chi connectivity index (χ4v) is 2.47. The summed E-state index contributed by atoms with van der Waals surface area (Å²) in [6.07, 6.45) is -0.624. The highest BCUT2D eigenvalue weighted by atomic mass is 32.2. The van der Waals surface area contributed by atoms with Gasteiger partial charge in [0.2, 0.25) is 0 Å². The van der Waals surface area contributed by atoms with Crippen molar-refractivity contribution in [3.05, 3.63) is 29.1 Å². The number of aliphatic hydroxyl groups excluding tert-OH is 1. The number of halogens is 1. The zero-order chi connectivity index (χ0) is 11.6.